The standard InChI is InChI=1S/C38H44N6O9S/c1-21(45)39-36-41-30(20-54-36)29-17-32(26-14-13-24(51-2)15-28(26)40-29)52-25-16-31-33(46)43-38(35(48)49)18-22(38)9-6-4-3-5-7-12-27(34(47)44(31)19-25)42-37(50)53-23-10-8-11-23/h6,9,13-15,17,20,22-23,25,27,31H,3-5,7-8,10-12,16,18-19H2,1-2H3,(H,42,50)(H,43,46)(H,48,49)(H,39,41,45)/b9-6-/t22?,25-,27+,31+,38-/m1/s1. The number of aromatic nitrogens is 2. The third-order valence-electron chi connectivity index (χ3n) is 10.6. The molecule has 2 aliphatic heterocycles. The summed E-state index contributed by atoms with van der Waals surface area (Å²) >= 11 is 1.25. The lowest BCUT2D eigenvalue weighted by Crippen LogP contribution is -2.56. The van der Waals surface area contributed by atoms with Crippen molar-refractivity contribution in [3.05, 3.63) is 41.8 Å². The molecule has 4 aliphatic rings. The molecule has 2 aliphatic carbocycles. The number of rotatable bonds is 8. The van der Waals surface area contributed by atoms with E-state index in [9.17, 15) is 29.1 Å². The molecule has 16 heteroatoms. The number of thiazole rings is 1. The Kier molecular flexibility index (Phi) is 10.7. The maximum atomic E-state index is 14.4. The zero-order valence-electron chi connectivity index (χ0n) is 30.2. The Morgan fingerprint density at radius 1 is 1.04 bits per heavy atom. The Balaban J connectivity index is 1.20. The van der Waals surface area contributed by atoms with Gasteiger partial charge >= 0.3 is 12.1 Å². The van der Waals surface area contributed by atoms with Crippen LogP contribution in [-0.4, -0.2) is 93.2 Å². The van der Waals surface area contributed by atoms with Crippen molar-refractivity contribution in [3.63, 3.8) is 0 Å². The molecule has 3 fully saturated rings. The van der Waals surface area contributed by atoms with Gasteiger partial charge in [0.05, 0.1) is 24.9 Å². The van der Waals surface area contributed by atoms with Gasteiger partial charge in [0.25, 0.3) is 0 Å². The maximum Gasteiger partial charge on any atom is 0.408 e. The first kappa shape index (κ1) is 37.1. The molecule has 1 aromatic carbocycles. The number of aliphatic carboxylic acids is 1. The van der Waals surface area contributed by atoms with Crippen LogP contribution in [0.2, 0.25) is 0 Å². The van der Waals surface area contributed by atoms with E-state index in [2.05, 4.69) is 20.9 Å². The van der Waals surface area contributed by atoms with Gasteiger partial charge in [-0.05, 0) is 57.1 Å². The van der Waals surface area contributed by atoms with Crippen molar-refractivity contribution >= 4 is 57.2 Å². The molecule has 3 aromatic rings. The molecule has 2 aromatic heterocycles. The van der Waals surface area contributed by atoms with Crippen LogP contribution in [0.3, 0.4) is 0 Å². The number of amides is 4. The first-order chi connectivity index (χ1) is 26.0. The van der Waals surface area contributed by atoms with Gasteiger partial charge in [-0.25, -0.2) is 19.6 Å². The summed E-state index contributed by atoms with van der Waals surface area (Å²) in [5.74, 6) is -1.83. The molecular formula is C38H44N6O9S. The predicted octanol–water partition coefficient (Wildman–Crippen LogP) is 4.80. The Morgan fingerprint density at radius 3 is 2.61 bits per heavy atom. The summed E-state index contributed by atoms with van der Waals surface area (Å²) in [5, 5.41) is 21.3. The molecule has 4 heterocycles. The molecule has 7 rings (SSSR count). The van der Waals surface area contributed by atoms with Crippen LogP contribution in [0.1, 0.15) is 71.1 Å². The number of carboxylic acids is 1. The van der Waals surface area contributed by atoms with Crippen LogP contribution in [0, 0.1) is 5.92 Å². The molecule has 0 spiro atoms. The minimum atomic E-state index is -1.47. The minimum absolute atomic E-state index is 0.00510. The van der Waals surface area contributed by atoms with Crippen molar-refractivity contribution in [3.8, 4) is 22.9 Å². The number of nitrogens with zero attached hydrogens (tertiary/aromatic N) is 3. The lowest BCUT2D eigenvalue weighted by atomic mass is 9.96. The predicted molar refractivity (Wildman–Crippen MR) is 198 cm³/mol. The quantitative estimate of drug-likeness (QED) is 0.230. The Bertz CT molecular complexity index is 1980. The van der Waals surface area contributed by atoms with Gasteiger partial charge < -0.3 is 40.2 Å². The van der Waals surface area contributed by atoms with Crippen molar-refractivity contribution in [1.82, 2.24) is 25.5 Å². The number of anilines is 1. The van der Waals surface area contributed by atoms with Gasteiger partial charge in [0.15, 0.2) is 5.13 Å². The number of hydrogen-bond acceptors (Lipinski definition) is 11. The average molecular weight is 761 g/mol. The van der Waals surface area contributed by atoms with Gasteiger partial charge in [0.1, 0.15) is 47.0 Å². The summed E-state index contributed by atoms with van der Waals surface area (Å²) in [5.41, 5.74) is 0.0420. The number of pyridine rings is 1. The number of nitrogens with one attached hydrogen (secondary N) is 3. The van der Waals surface area contributed by atoms with E-state index >= 15 is 0 Å². The minimum Gasteiger partial charge on any atom is -0.497 e. The van der Waals surface area contributed by atoms with Crippen LogP contribution >= 0.6 is 11.3 Å². The first-order valence-electron chi connectivity index (χ1n) is 18.4. The Morgan fingerprint density at radius 2 is 1.87 bits per heavy atom. The summed E-state index contributed by atoms with van der Waals surface area (Å²) < 4.78 is 17.6. The zero-order chi connectivity index (χ0) is 38.0. The van der Waals surface area contributed by atoms with E-state index in [0.717, 1.165) is 38.5 Å². The van der Waals surface area contributed by atoms with Crippen molar-refractivity contribution in [2.75, 3.05) is 19.0 Å². The number of hydrogen-bond donors (Lipinski definition) is 4. The van der Waals surface area contributed by atoms with Crippen LogP contribution in [0.25, 0.3) is 22.3 Å². The molecule has 0 radical (unpaired) electrons. The fourth-order valence-corrected chi connectivity index (χ4v) is 8.02. The third-order valence-corrected chi connectivity index (χ3v) is 11.3. The van der Waals surface area contributed by atoms with Gasteiger partial charge in [-0.1, -0.05) is 25.0 Å². The van der Waals surface area contributed by atoms with E-state index in [0.29, 0.717) is 51.8 Å². The monoisotopic (exact) mass is 760 g/mol. The Labute approximate surface area is 315 Å². The molecule has 4 amide bonds. The molecular weight excluding hydrogens is 717 g/mol. The molecule has 15 nitrogen and oxygen atoms in total. The molecule has 1 saturated heterocycles. The first-order valence-corrected chi connectivity index (χ1v) is 19.3. The highest BCUT2D eigenvalue weighted by molar-refractivity contribution is 7.14. The number of carboxylic acid groups (broad SMARTS) is 1. The molecule has 2 saturated carbocycles. The molecule has 4 N–H and O–H groups in total. The number of methoxy groups -OCH3 is 1. The van der Waals surface area contributed by atoms with Gasteiger partial charge in [0.2, 0.25) is 17.7 Å². The molecule has 54 heavy (non-hydrogen) atoms. The van der Waals surface area contributed by atoms with Crippen LogP contribution < -0.4 is 25.4 Å². The van der Waals surface area contributed by atoms with Crippen LogP contribution in [0.5, 0.6) is 11.5 Å². The van der Waals surface area contributed by atoms with Crippen molar-refractivity contribution in [1.29, 1.82) is 0 Å². The summed E-state index contributed by atoms with van der Waals surface area (Å²) in [7, 11) is 1.55. The van der Waals surface area contributed by atoms with Gasteiger partial charge in [0, 0.05) is 42.2 Å². The highest BCUT2D eigenvalue weighted by atomic mass is 32.1. The summed E-state index contributed by atoms with van der Waals surface area (Å²) in [6.45, 7) is 1.39. The molecule has 286 valence electrons. The fraction of sp³-hybridized carbons (Fsp3) is 0.500. The lowest BCUT2D eigenvalue weighted by Gasteiger charge is -2.30. The molecule has 1 unspecified atom stereocenters. The van der Waals surface area contributed by atoms with Gasteiger partial charge in [-0.15, -0.1) is 11.3 Å². The number of alkyl carbamates (subject to hydrolysis) is 1. The second-order valence-corrected chi connectivity index (χ2v) is 15.2. The SMILES string of the molecule is COc1ccc2c(O[C@@H]3C[C@H]4C(=O)N[C@]5(C(=O)O)CC5/C=C\CCCCC[C@H](NC(=O)OC5CCC5)C(=O)N4C3)cc(-c3csc(NC(C)=O)n3)nc2c1. The van der Waals surface area contributed by atoms with Gasteiger partial charge in [-0.2, -0.15) is 0 Å². The number of carbonyl (C=O) groups excluding carboxylic acids is 4. The van der Waals surface area contributed by atoms with E-state index in [4.69, 9.17) is 19.2 Å². The number of benzene rings is 1. The average Bonchev–Trinajstić information content (AvgIpc) is 3.40. The van der Waals surface area contributed by atoms with Crippen LogP contribution in [-0.2, 0) is 23.9 Å². The maximum absolute atomic E-state index is 14.4. The highest BCUT2D eigenvalue weighted by Gasteiger charge is 2.61. The highest BCUT2D eigenvalue weighted by Crippen LogP contribution is 2.45. The largest absolute Gasteiger partial charge is 0.497 e. The number of carbonyl (C=O) groups is 5. The summed E-state index contributed by atoms with van der Waals surface area (Å²) in [6, 6.07) is 5.02. The topological polar surface area (TPSA) is 198 Å². The van der Waals surface area contributed by atoms with Crippen molar-refractivity contribution < 1.29 is 43.3 Å². The second-order valence-electron chi connectivity index (χ2n) is 14.4. The molecule has 0 bridgehead atoms. The van der Waals surface area contributed by atoms with E-state index in [1.807, 2.05) is 12.2 Å². The van der Waals surface area contributed by atoms with E-state index in [-0.39, 0.29) is 37.3 Å². The van der Waals surface area contributed by atoms with Crippen LogP contribution in [0.15, 0.2) is 41.8 Å². The zero-order valence-corrected chi connectivity index (χ0v) is 31.0. The third kappa shape index (κ3) is 7.98. The number of fused-ring (bicyclic) bond motifs is 3. The number of allylic oxidation sites excluding steroid dienone is 1. The smallest absolute Gasteiger partial charge is 0.408 e. The Hall–Kier alpha value is -5.25. The fourth-order valence-electron chi connectivity index (χ4n) is 7.27. The summed E-state index contributed by atoms with van der Waals surface area (Å²) in [4.78, 5) is 76.4. The summed E-state index contributed by atoms with van der Waals surface area (Å²) in [6.07, 6.45) is 8.44. The van der Waals surface area contributed by atoms with Crippen molar-refractivity contribution in [2.45, 2.75) is 101 Å². The molecule has 5 atom stereocenters. The van der Waals surface area contributed by atoms with Gasteiger partial charge in [-0.3, -0.25) is 14.4 Å². The normalized spacial score (nSPS) is 26.5. The second kappa shape index (κ2) is 15.6. The number of ether oxygens (including phenoxy) is 3. The lowest BCUT2D eigenvalue weighted by molar-refractivity contribution is -0.145. The van der Waals surface area contributed by atoms with E-state index < -0.39 is 47.6 Å². The van der Waals surface area contributed by atoms with Crippen LogP contribution in [0.4, 0.5) is 9.93 Å². The van der Waals surface area contributed by atoms with E-state index in [1.54, 1.807) is 36.8 Å². The van der Waals surface area contributed by atoms with E-state index in [1.165, 1.54) is 23.2 Å². The van der Waals surface area contributed by atoms with Crippen molar-refractivity contribution in [2.24, 2.45) is 5.92 Å².